The van der Waals surface area contributed by atoms with Crippen LogP contribution in [0.4, 0.5) is 0 Å². The van der Waals surface area contributed by atoms with Crippen LogP contribution >= 0.6 is 11.3 Å². The second-order valence-electron chi connectivity index (χ2n) is 5.52. The van der Waals surface area contributed by atoms with Gasteiger partial charge in [-0.25, -0.2) is 4.98 Å². The fraction of sp³-hybridized carbons (Fsp3) is 0.471. The fourth-order valence-electron chi connectivity index (χ4n) is 2.06. The van der Waals surface area contributed by atoms with Crippen LogP contribution in [-0.4, -0.2) is 18.1 Å². The molecule has 1 heterocycles. The second kappa shape index (κ2) is 7.55. The standard InChI is InChI=1S/C17H24N2S/c1-4-14-5-7-15(8-6-14)16-12-20-17(19-16)9-10-18-11-13(2)3/h5-8,12-13,18H,4,9-11H2,1-3H3. The van der Waals surface area contributed by atoms with E-state index in [2.05, 4.69) is 55.7 Å². The Bertz CT molecular complexity index is 514. The number of nitrogens with one attached hydrogen (secondary N) is 1. The smallest absolute Gasteiger partial charge is 0.0945 e. The number of hydrogen-bond acceptors (Lipinski definition) is 3. The van der Waals surface area contributed by atoms with Gasteiger partial charge in [0.25, 0.3) is 0 Å². The molecule has 0 amide bonds. The van der Waals surface area contributed by atoms with Gasteiger partial charge in [-0.1, -0.05) is 45.0 Å². The van der Waals surface area contributed by atoms with E-state index in [1.807, 2.05) is 0 Å². The van der Waals surface area contributed by atoms with Crippen LogP contribution in [0.5, 0.6) is 0 Å². The minimum absolute atomic E-state index is 0.707. The van der Waals surface area contributed by atoms with Gasteiger partial charge >= 0.3 is 0 Å². The third-order valence-electron chi connectivity index (χ3n) is 3.28. The van der Waals surface area contributed by atoms with Crippen LogP contribution in [0.1, 0.15) is 31.3 Å². The molecule has 2 rings (SSSR count). The van der Waals surface area contributed by atoms with Crippen LogP contribution in [-0.2, 0) is 12.8 Å². The molecule has 2 nitrogen and oxygen atoms in total. The highest BCUT2D eigenvalue weighted by molar-refractivity contribution is 7.09. The van der Waals surface area contributed by atoms with Crippen molar-refractivity contribution >= 4 is 11.3 Å². The zero-order valence-electron chi connectivity index (χ0n) is 12.6. The van der Waals surface area contributed by atoms with Gasteiger partial charge in [-0.3, -0.25) is 0 Å². The minimum atomic E-state index is 0.707. The molecule has 2 aromatic rings. The Morgan fingerprint density at radius 2 is 1.95 bits per heavy atom. The average Bonchev–Trinajstić information content (AvgIpc) is 2.92. The Hall–Kier alpha value is -1.19. The molecular formula is C17H24N2S. The van der Waals surface area contributed by atoms with Gasteiger partial charge in [0.15, 0.2) is 0 Å². The van der Waals surface area contributed by atoms with Gasteiger partial charge in [0.1, 0.15) is 0 Å². The quantitative estimate of drug-likeness (QED) is 0.774. The number of rotatable bonds is 7. The molecule has 0 unspecified atom stereocenters. The summed E-state index contributed by atoms with van der Waals surface area (Å²) >= 11 is 1.76. The van der Waals surface area contributed by atoms with Crippen LogP contribution in [0.2, 0.25) is 0 Å². The molecule has 0 aliphatic rings. The lowest BCUT2D eigenvalue weighted by atomic mass is 10.1. The zero-order valence-corrected chi connectivity index (χ0v) is 13.5. The van der Waals surface area contributed by atoms with Crippen LogP contribution in [0.3, 0.4) is 0 Å². The molecule has 1 aromatic carbocycles. The first kappa shape index (κ1) is 15.2. The largest absolute Gasteiger partial charge is 0.316 e. The van der Waals surface area contributed by atoms with Crippen molar-refractivity contribution in [2.75, 3.05) is 13.1 Å². The molecule has 0 saturated carbocycles. The maximum atomic E-state index is 4.73. The molecule has 0 saturated heterocycles. The van der Waals surface area contributed by atoms with Crippen molar-refractivity contribution in [2.45, 2.75) is 33.6 Å². The molecular weight excluding hydrogens is 264 g/mol. The zero-order chi connectivity index (χ0) is 14.4. The molecule has 3 heteroatoms. The highest BCUT2D eigenvalue weighted by atomic mass is 32.1. The summed E-state index contributed by atoms with van der Waals surface area (Å²) < 4.78 is 0. The summed E-state index contributed by atoms with van der Waals surface area (Å²) in [7, 11) is 0. The number of hydrogen-bond donors (Lipinski definition) is 1. The van der Waals surface area contributed by atoms with Crippen molar-refractivity contribution in [3.8, 4) is 11.3 Å². The highest BCUT2D eigenvalue weighted by Crippen LogP contribution is 2.22. The van der Waals surface area contributed by atoms with Gasteiger partial charge in [0.2, 0.25) is 0 Å². The molecule has 0 bridgehead atoms. The molecule has 1 N–H and O–H groups in total. The average molecular weight is 288 g/mol. The predicted octanol–water partition coefficient (Wildman–Crippen LogP) is 4.16. The van der Waals surface area contributed by atoms with Crippen molar-refractivity contribution in [1.29, 1.82) is 0 Å². The monoisotopic (exact) mass is 288 g/mol. The first-order valence-electron chi connectivity index (χ1n) is 7.43. The van der Waals surface area contributed by atoms with Crippen LogP contribution < -0.4 is 5.32 Å². The van der Waals surface area contributed by atoms with E-state index in [0.717, 1.165) is 31.6 Å². The van der Waals surface area contributed by atoms with Crippen molar-refractivity contribution in [2.24, 2.45) is 5.92 Å². The highest BCUT2D eigenvalue weighted by Gasteiger charge is 2.04. The fourth-order valence-corrected chi connectivity index (χ4v) is 2.86. The molecule has 0 aliphatic heterocycles. The summed E-state index contributed by atoms with van der Waals surface area (Å²) in [5.74, 6) is 0.707. The molecule has 0 aliphatic carbocycles. The number of aromatic nitrogens is 1. The van der Waals surface area contributed by atoms with Gasteiger partial charge in [0, 0.05) is 23.9 Å². The lowest BCUT2D eigenvalue weighted by molar-refractivity contribution is 0.554. The summed E-state index contributed by atoms with van der Waals surface area (Å²) in [5.41, 5.74) is 3.71. The van der Waals surface area contributed by atoms with Crippen LogP contribution in [0, 0.1) is 5.92 Å². The summed E-state index contributed by atoms with van der Waals surface area (Å²) in [6.07, 6.45) is 2.11. The second-order valence-corrected chi connectivity index (χ2v) is 6.47. The van der Waals surface area contributed by atoms with E-state index in [0.29, 0.717) is 5.92 Å². The Morgan fingerprint density at radius 1 is 1.20 bits per heavy atom. The predicted molar refractivity (Wildman–Crippen MR) is 88.3 cm³/mol. The molecule has 0 fully saturated rings. The van der Waals surface area contributed by atoms with Crippen molar-refractivity contribution < 1.29 is 0 Å². The molecule has 108 valence electrons. The topological polar surface area (TPSA) is 24.9 Å². The van der Waals surface area contributed by atoms with E-state index >= 15 is 0 Å². The maximum Gasteiger partial charge on any atom is 0.0945 e. The van der Waals surface area contributed by atoms with E-state index in [9.17, 15) is 0 Å². The first-order chi connectivity index (χ1) is 9.69. The Kier molecular flexibility index (Phi) is 5.74. The van der Waals surface area contributed by atoms with Crippen LogP contribution in [0.25, 0.3) is 11.3 Å². The van der Waals surface area contributed by atoms with Gasteiger partial charge < -0.3 is 5.32 Å². The summed E-state index contributed by atoms with van der Waals surface area (Å²) in [5, 5.41) is 6.85. The van der Waals surface area contributed by atoms with Gasteiger partial charge in [-0.05, 0) is 24.4 Å². The Morgan fingerprint density at radius 3 is 2.60 bits per heavy atom. The number of nitrogens with zero attached hydrogens (tertiary/aromatic N) is 1. The van der Waals surface area contributed by atoms with Crippen molar-refractivity contribution in [3.05, 3.63) is 40.2 Å². The van der Waals surface area contributed by atoms with E-state index in [4.69, 9.17) is 4.98 Å². The van der Waals surface area contributed by atoms with Crippen molar-refractivity contribution in [3.63, 3.8) is 0 Å². The molecule has 0 radical (unpaired) electrons. The lowest BCUT2D eigenvalue weighted by Crippen LogP contribution is -2.22. The minimum Gasteiger partial charge on any atom is -0.316 e. The Balaban J connectivity index is 1.90. The first-order valence-corrected chi connectivity index (χ1v) is 8.31. The van der Waals surface area contributed by atoms with E-state index in [-0.39, 0.29) is 0 Å². The Labute approximate surface area is 126 Å². The third kappa shape index (κ3) is 4.43. The number of benzene rings is 1. The van der Waals surface area contributed by atoms with Crippen molar-refractivity contribution in [1.82, 2.24) is 10.3 Å². The van der Waals surface area contributed by atoms with E-state index in [1.54, 1.807) is 11.3 Å². The van der Waals surface area contributed by atoms with Crippen LogP contribution in [0.15, 0.2) is 29.6 Å². The normalized spacial score (nSPS) is 11.2. The molecule has 0 spiro atoms. The van der Waals surface area contributed by atoms with E-state index in [1.165, 1.54) is 16.1 Å². The van der Waals surface area contributed by atoms with Gasteiger partial charge in [-0.2, -0.15) is 0 Å². The molecule has 20 heavy (non-hydrogen) atoms. The SMILES string of the molecule is CCc1ccc(-c2csc(CCNCC(C)C)n2)cc1. The third-order valence-corrected chi connectivity index (χ3v) is 4.19. The van der Waals surface area contributed by atoms with E-state index < -0.39 is 0 Å². The van der Waals surface area contributed by atoms with Gasteiger partial charge in [-0.15, -0.1) is 11.3 Å². The summed E-state index contributed by atoms with van der Waals surface area (Å²) in [6, 6.07) is 8.74. The molecule has 1 aromatic heterocycles. The molecule has 0 atom stereocenters. The number of aryl methyl sites for hydroxylation is 1. The summed E-state index contributed by atoms with van der Waals surface area (Å²) in [6.45, 7) is 8.74. The van der Waals surface area contributed by atoms with Gasteiger partial charge in [0.05, 0.1) is 10.7 Å². The summed E-state index contributed by atoms with van der Waals surface area (Å²) in [4.78, 5) is 4.73. The maximum absolute atomic E-state index is 4.73. The lowest BCUT2D eigenvalue weighted by Gasteiger charge is -2.05. The number of thiazole rings is 1.